The summed E-state index contributed by atoms with van der Waals surface area (Å²) in [5.41, 5.74) is 1.73. The summed E-state index contributed by atoms with van der Waals surface area (Å²) in [6.45, 7) is 0. The molecule has 0 saturated carbocycles. The first-order valence-corrected chi connectivity index (χ1v) is 7.34. The second kappa shape index (κ2) is 4.74. The van der Waals surface area contributed by atoms with Crippen molar-refractivity contribution in [3.8, 4) is 11.5 Å². The van der Waals surface area contributed by atoms with Gasteiger partial charge in [-0.05, 0) is 36.6 Å². The molecule has 2 aromatic heterocycles. The zero-order chi connectivity index (χ0) is 12.5. The van der Waals surface area contributed by atoms with Gasteiger partial charge in [-0.1, -0.05) is 27.7 Å². The van der Waals surface area contributed by atoms with Crippen molar-refractivity contribution in [2.24, 2.45) is 0 Å². The normalized spacial score (nSPS) is 11.0. The topological polar surface area (TPSA) is 38.9 Å². The molecule has 3 nitrogen and oxygen atoms in total. The molecule has 3 aromatic rings. The Labute approximate surface area is 117 Å². The number of benzene rings is 1. The maximum Gasteiger partial charge on any atom is 0.160 e. The molecule has 18 heavy (non-hydrogen) atoms. The van der Waals surface area contributed by atoms with Crippen LogP contribution in [0, 0.1) is 0 Å². The molecule has 0 fully saturated rings. The molecule has 0 atom stereocenters. The van der Waals surface area contributed by atoms with E-state index < -0.39 is 0 Å². The van der Waals surface area contributed by atoms with Crippen LogP contribution in [-0.2, 0) is 0 Å². The molecule has 5 heteroatoms. The minimum absolute atomic E-state index is 0.768. The minimum atomic E-state index is 0.768. The van der Waals surface area contributed by atoms with Gasteiger partial charge in [0, 0.05) is 9.86 Å². The fourth-order valence-electron chi connectivity index (χ4n) is 1.78. The van der Waals surface area contributed by atoms with Gasteiger partial charge in [0.2, 0.25) is 0 Å². The van der Waals surface area contributed by atoms with Crippen molar-refractivity contribution in [2.45, 2.75) is 5.09 Å². The van der Waals surface area contributed by atoms with Gasteiger partial charge in [-0.15, -0.1) is 0 Å². The fraction of sp³-hybridized carbons (Fsp3) is 0.0769. The van der Waals surface area contributed by atoms with Crippen LogP contribution in [0.1, 0.15) is 0 Å². The third-order valence-electron chi connectivity index (χ3n) is 2.61. The molecule has 0 aliphatic heterocycles. The van der Waals surface area contributed by atoms with Crippen molar-refractivity contribution in [3.05, 3.63) is 41.1 Å². The maximum atomic E-state index is 5.72. The molecular formula is C13H9BrN2OS. The summed E-state index contributed by atoms with van der Waals surface area (Å²) in [5.74, 6) is 0.768. The Bertz CT molecular complexity index is 711. The highest BCUT2D eigenvalue weighted by Crippen LogP contribution is 2.30. The summed E-state index contributed by atoms with van der Waals surface area (Å²) in [6.07, 6.45) is 3.55. The number of rotatable bonds is 2. The molecule has 1 aromatic carbocycles. The van der Waals surface area contributed by atoms with Crippen LogP contribution in [0.4, 0.5) is 0 Å². The number of hydrogen-bond donors (Lipinski definition) is 0. The molecule has 0 amide bonds. The molecule has 0 aliphatic rings. The molecule has 0 spiro atoms. The predicted molar refractivity (Wildman–Crippen MR) is 76.7 cm³/mol. The Balaban J connectivity index is 2.24. The molecular weight excluding hydrogens is 312 g/mol. The van der Waals surface area contributed by atoms with E-state index in [9.17, 15) is 0 Å². The molecule has 2 heterocycles. The Morgan fingerprint density at radius 3 is 2.83 bits per heavy atom. The first kappa shape index (κ1) is 11.7. The number of aromatic nitrogens is 2. The highest BCUT2D eigenvalue weighted by atomic mass is 79.9. The van der Waals surface area contributed by atoms with Gasteiger partial charge in [0.05, 0.1) is 5.52 Å². The molecule has 0 N–H and O–H groups in total. The molecule has 0 aliphatic carbocycles. The van der Waals surface area contributed by atoms with Crippen LogP contribution < -0.4 is 0 Å². The van der Waals surface area contributed by atoms with Crippen LogP contribution in [-0.4, -0.2) is 16.2 Å². The number of fused-ring (bicyclic) bond motifs is 1. The van der Waals surface area contributed by atoms with Crippen molar-refractivity contribution in [1.29, 1.82) is 0 Å². The highest BCUT2D eigenvalue weighted by molar-refractivity contribution is 9.10. The minimum Gasteiger partial charge on any atom is -0.448 e. The van der Waals surface area contributed by atoms with Crippen LogP contribution in [0.3, 0.4) is 0 Å². The van der Waals surface area contributed by atoms with Crippen molar-refractivity contribution in [3.63, 3.8) is 0 Å². The van der Waals surface area contributed by atoms with Crippen LogP contribution >= 0.6 is 27.7 Å². The lowest BCUT2D eigenvalue weighted by Crippen LogP contribution is -1.87. The average Bonchev–Trinajstić information content (AvgIpc) is 2.86. The van der Waals surface area contributed by atoms with E-state index in [1.807, 2.05) is 36.6 Å². The zero-order valence-corrected chi connectivity index (χ0v) is 12.0. The van der Waals surface area contributed by atoms with Crippen molar-refractivity contribution in [2.75, 3.05) is 6.26 Å². The maximum absolute atomic E-state index is 5.72. The first-order valence-electron chi connectivity index (χ1n) is 5.32. The molecule has 0 bridgehead atoms. The van der Waals surface area contributed by atoms with Gasteiger partial charge in [0.25, 0.3) is 0 Å². The number of thioether (sulfide) groups is 1. The van der Waals surface area contributed by atoms with Gasteiger partial charge in [-0.2, -0.15) is 0 Å². The summed E-state index contributed by atoms with van der Waals surface area (Å²) >= 11 is 5.04. The second-order valence-electron chi connectivity index (χ2n) is 3.71. The van der Waals surface area contributed by atoms with E-state index in [0.717, 1.165) is 31.9 Å². The van der Waals surface area contributed by atoms with E-state index >= 15 is 0 Å². The van der Waals surface area contributed by atoms with Crippen LogP contribution in [0.15, 0.2) is 50.6 Å². The van der Waals surface area contributed by atoms with E-state index in [-0.39, 0.29) is 0 Å². The average molecular weight is 321 g/mol. The predicted octanol–water partition coefficient (Wildman–Crippen LogP) is 4.37. The summed E-state index contributed by atoms with van der Waals surface area (Å²) in [4.78, 5) is 8.59. The molecule has 90 valence electrons. The fourth-order valence-corrected chi connectivity index (χ4v) is 2.52. The van der Waals surface area contributed by atoms with E-state index in [1.165, 1.54) is 0 Å². The monoisotopic (exact) mass is 320 g/mol. The lowest BCUT2D eigenvalue weighted by atomic mass is 10.1. The van der Waals surface area contributed by atoms with Crippen LogP contribution in [0.2, 0.25) is 0 Å². The van der Waals surface area contributed by atoms with Gasteiger partial charge >= 0.3 is 0 Å². The third-order valence-corrected chi connectivity index (χ3v) is 3.73. The Hall–Kier alpha value is -1.33. The number of halogens is 1. The quantitative estimate of drug-likeness (QED) is 0.657. The van der Waals surface area contributed by atoms with E-state index in [2.05, 4.69) is 25.9 Å². The van der Waals surface area contributed by atoms with Crippen LogP contribution in [0.25, 0.3) is 22.4 Å². The van der Waals surface area contributed by atoms with Gasteiger partial charge in [-0.3, -0.25) is 0 Å². The van der Waals surface area contributed by atoms with E-state index in [0.29, 0.717) is 0 Å². The largest absolute Gasteiger partial charge is 0.448 e. The zero-order valence-electron chi connectivity index (χ0n) is 9.55. The molecule has 0 radical (unpaired) electrons. The van der Waals surface area contributed by atoms with Crippen molar-refractivity contribution >= 4 is 38.6 Å². The Kier molecular flexibility index (Phi) is 3.09. The standard InChI is InChI=1S/C13H9BrN2OS/c1-18-12-5-4-11(17-12)13-9-6-8(14)2-3-10(9)15-7-16-13/h2-7H,1H3. The SMILES string of the molecule is CSc1ccc(-c2ncnc3ccc(Br)cc23)o1. The van der Waals surface area contributed by atoms with E-state index in [1.54, 1.807) is 18.1 Å². The number of hydrogen-bond acceptors (Lipinski definition) is 4. The van der Waals surface area contributed by atoms with Gasteiger partial charge in [0.15, 0.2) is 10.9 Å². The van der Waals surface area contributed by atoms with Gasteiger partial charge in [0.1, 0.15) is 12.0 Å². The number of furan rings is 1. The second-order valence-corrected chi connectivity index (χ2v) is 5.43. The molecule has 0 unspecified atom stereocenters. The first-order chi connectivity index (χ1) is 8.78. The Morgan fingerprint density at radius 1 is 1.17 bits per heavy atom. The van der Waals surface area contributed by atoms with Crippen molar-refractivity contribution in [1.82, 2.24) is 9.97 Å². The molecule has 3 rings (SSSR count). The lowest BCUT2D eigenvalue weighted by molar-refractivity contribution is 0.487. The summed E-state index contributed by atoms with van der Waals surface area (Å²) in [7, 11) is 0. The van der Waals surface area contributed by atoms with Gasteiger partial charge < -0.3 is 4.42 Å². The third kappa shape index (κ3) is 2.04. The summed E-state index contributed by atoms with van der Waals surface area (Å²) in [5, 5.41) is 1.86. The molecule has 0 saturated heterocycles. The van der Waals surface area contributed by atoms with Crippen LogP contribution in [0.5, 0.6) is 0 Å². The smallest absolute Gasteiger partial charge is 0.160 e. The van der Waals surface area contributed by atoms with E-state index in [4.69, 9.17) is 4.42 Å². The number of nitrogens with zero attached hydrogens (tertiary/aromatic N) is 2. The van der Waals surface area contributed by atoms with Gasteiger partial charge in [-0.25, -0.2) is 9.97 Å². The lowest BCUT2D eigenvalue weighted by Gasteiger charge is -2.02. The highest BCUT2D eigenvalue weighted by Gasteiger charge is 2.10. The summed E-state index contributed by atoms with van der Waals surface area (Å²) in [6, 6.07) is 9.82. The Morgan fingerprint density at radius 2 is 2.06 bits per heavy atom. The summed E-state index contributed by atoms with van der Waals surface area (Å²) < 4.78 is 6.73. The van der Waals surface area contributed by atoms with Crippen molar-refractivity contribution < 1.29 is 4.42 Å².